The molecule has 0 unspecified atom stereocenters. The zero-order valence-electron chi connectivity index (χ0n) is 6.06. The number of carbonyl (C=O) groups excluding carboxylic acids is 1. The van der Waals surface area contributed by atoms with Crippen LogP contribution in [0.1, 0.15) is 0 Å². The van der Waals surface area contributed by atoms with Crippen molar-refractivity contribution in [3.05, 3.63) is 0 Å². The smallest absolute Gasteiger partial charge is 0.425 e. The summed E-state index contributed by atoms with van der Waals surface area (Å²) in [7, 11) is -9.40. The number of hydrogen-bond donors (Lipinski definition) is 0. The summed E-state index contributed by atoms with van der Waals surface area (Å²) in [5.41, 5.74) is 0. The number of hydrogen-bond acceptors (Lipinski definition) is 2. The fraction of sp³-hybridized carbons (Fsp3) is 0.667. The Labute approximate surface area is 64.9 Å². The summed E-state index contributed by atoms with van der Waals surface area (Å²) in [6.07, 6.45) is -2.14. The number of methoxy groups -OCH3 is 1. The zero-order valence-corrected chi connectivity index (χ0v) is 6.88. The van der Waals surface area contributed by atoms with E-state index >= 15 is 0 Å². The second-order valence-corrected chi connectivity index (χ2v) is 4.30. The van der Waals surface area contributed by atoms with Crippen LogP contribution in [0.25, 0.3) is 0 Å². The maximum atomic E-state index is 11.7. The van der Waals surface area contributed by atoms with Crippen molar-refractivity contribution in [2.24, 2.45) is 0 Å². The number of ether oxygens (including phenoxy) is 1. The summed E-state index contributed by atoms with van der Waals surface area (Å²) in [6, 6.07) is 0. The Morgan fingerprint density at radius 3 is 1.67 bits per heavy atom. The second kappa shape index (κ2) is 1.95. The van der Waals surface area contributed by atoms with E-state index in [2.05, 4.69) is 4.74 Å². The summed E-state index contributed by atoms with van der Waals surface area (Å²) in [6.45, 7) is 0. The minimum Gasteiger partial charge on any atom is -0.452 e. The molecule has 0 saturated carbocycles. The molecule has 0 spiro atoms. The van der Waals surface area contributed by atoms with Gasteiger partial charge in [0.05, 0.1) is 7.11 Å². The number of amides is 1. The van der Waals surface area contributed by atoms with Crippen LogP contribution in [0.4, 0.5) is 24.2 Å². The molecule has 0 radical (unpaired) electrons. The molecule has 0 heterocycles. The van der Waals surface area contributed by atoms with Crippen LogP contribution in [0.5, 0.6) is 0 Å². The molecule has 3 nitrogen and oxygen atoms in total. The molecular weight excluding hydrogens is 209 g/mol. The zero-order chi connectivity index (χ0) is 10.3. The molecule has 0 rings (SSSR count). The Bertz CT molecular complexity index is 208. The highest BCUT2D eigenvalue weighted by Gasteiger charge is 2.70. The first-order valence-corrected chi connectivity index (χ1v) is 4.35. The molecule has 0 aliphatic heterocycles. The topological polar surface area (TPSA) is 29.5 Å². The van der Waals surface area contributed by atoms with Gasteiger partial charge in [0.2, 0.25) is 0 Å². The first kappa shape index (κ1) is 11.3. The van der Waals surface area contributed by atoms with Gasteiger partial charge in [-0.2, -0.15) is 4.31 Å². The fourth-order valence-corrected chi connectivity index (χ4v) is 0.626. The average Bonchev–Trinajstić information content (AvgIpc) is 1.79. The van der Waals surface area contributed by atoms with Crippen molar-refractivity contribution < 1.29 is 29.0 Å². The molecule has 76 valence electrons. The minimum atomic E-state index is -9.88. The molecule has 0 bridgehead atoms. The second-order valence-electron chi connectivity index (χ2n) is 1.90. The van der Waals surface area contributed by atoms with Gasteiger partial charge < -0.3 is 4.74 Å². The Morgan fingerprint density at radius 1 is 1.25 bits per heavy atom. The molecular formula is C3H6F5NO2S. The van der Waals surface area contributed by atoms with Crippen LogP contribution in [-0.2, 0) is 4.74 Å². The molecule has 0 atom stereocenters. The lowest BCUT2D eigenvalue weighted by Crippen LogP contribution is -2.35. The monoisotopic (exact) mass is 215 g/mol. The third kappa shape index (κ3) is 2.72. The van der Waals surface area contributed by atoms with Gasteiger partial charge in [0.15, 0.2) is 0 Å². The summed E-state index contributed by atoms with van der Waals surface area (Å²) in [5, 5.41) is 0. The normalized spacial score (nSPS) is 17.6. The molecule has 0 saturated heterocycles. The van der Waals surface area contributed by atoms with E-state index in [1.807, 2.05) is 0 Å². The largest absolute Gasteiger partial charge is 0.452 e. The number of nitrogens with zero attached hydrogens (tertiary/aromatic N) is 1. The van der Waals surface area contributed by atoms with Crippen LogP contribution < -0.4 is 0 Å². The predicted molar refractivity (Wildman–Crippen MR) is 33.3 cm³/mol. The van der Waals surface area contributed by atoms with Gasteiger partial charge in [-0.05, 0) is 0 Å². The van der Waals surface area contributed by atoms with Crippen molar-refractivity contribution in [3.63, 3.8) is 0 Å². The van der Waals surface area contributed by atoms with Crippen molar-refractivity contribution >= 4 is 16.5 Å². The summed E-state index contributed by atoms with van der Waals surface area (Å²) < 4.78 is 60.2. The van der Waals surface area contributed by atoms with Gasteiger partial charge in [-0.3, -0.25) is 0 Å². The SMILES string of the molecule is COC(=O)N(C)S(F)(F)(F)(F)F. The highest BCUT2D eigenvalue weighted by atomic mass is 32.5. The summed E-state index contributed by atoms with van der Waals surface area (Å²) in [4.78, 5) is 10.1. The Balaban J connectivity index is 4.96. The van der Waals surface area contributed by atoms with Crippen molar-refractivity contribution in [3.8, 4) is 0 Å². The van der Waals surface area contributed by atoms with Crippen LogP contribution in [0.15, 0.2) is 0 Å². The van der Waals surface area contributed by atoms with E-state index in [0.29, 0.717) is 7.11 Å². The lowest BCUT2D eigenvalue weighted by molar-refractivity contribution is 0.139. The maximum absolute atomic E-state index is 11.7. The van der Waals surface area contributed by atoms with Gasteiger partial charge in [0.25, 0.3) is 0 Å². The van der Waals surface area contributed by atoms with Gasteiger partial charge in [-0.15, -0.1) is 0 Å². The van der Waals surface area contributed by atoms with Crippen LogP contribution >= 0.6 is 10.4 Å². The molecule has 0 aromatic carbocycles. The predicted octanol–water partition coefficient (Wildman–Crippen LogP) is 2.90. The Kier molecular flexibility index (Phi) is 1.83. The third-order valence-corrected chi connectivity index (χ3v) is 2.13. The fourth-order valence-electron chi connectivity index (χ4n) is 0.269. The van der Waals surface area contributed by atoms with Gasteiger partial charge in [-0.1, -0.05) is 19.4 Å². The molecule has 12 heavy (non-hydrogen) atoms. The van der Waals surface area contributed by atoms with Gasteiger partial charge in [0, 0.05) is 7.05 Å². The lowest BCUT2D eigenvalue weighted by atomic mass is 11.1. The molecule has 0 aliphatic rings. The molecule has 0 aromatic rings. The van der Waals surface area contributed by atoms with E-state index < -0.39 is 20.8 Å². The van der Waals surface area contributed by atoms with Crippen LogP contribution in [-0.4, -0.2) is 24.6 Å². The molecule has 0 aromatic heterocycles. The maximum Gasteiger partial charge on any atom is 0.425 e. The van der Waals surface area contributed by atoms with E-state index in [4.69, 9.17) is 0 Å². The van der Waals surface area contributed by atoms with Crippen LogP contribution in [0.3, 0.4) is 0 Å². The van der Waals surface area contributed by atoms with Crippen LogP contribution in [0.2, 0.25) is 0 Å². The van der Waals surface area contributed by atoms with Crippen molar-refractivity contribution in [1.82, 2.24) is 4.31 Å². The Hall–Kier alpha value is -0.730. The summed E-state index contributed by atoms with van der Waals surface area (Å²) in [5.74, 6) is 0. The van der Waals surface area contributed by atoms with E-state index in [9.17, 15) is 24.2 Å². The minimum absolute atomic E-state index is 0.0899. The van der Waals surface area contributed by atoms with Gasteiger partial charge in [0.1, 0.15) is 0 Å². The lowest BCUT2D eigenvalue weighted by Gasteiger charge is -2.45. The first-order chi connectivity index (χ1) is 4.88. The number of rotatable bonds is 1. The van der Waals surface area contributed by atoms with E-state index in [1.165, 1.54) is 0 Å². The highest BCUT2D eigenvalue weighted by Crippen LogP contribution is 2.99. The molecule has 1 amide bonds. The van der Waals surface area contributed by atoms with Crippen molar-refractivity contribution in [2.45, 2.75) is 0 Å². The van der Waals surface area contributed by atoms with E-state index in [1.54, 1.807) is 0 Å². The first-order valence-electron chi connectivity index (χ1n) is 2.44. The molecule has 0 N–H and O–H groups in total. The Morgan fingerprint density at radius 2 is 1.58 bits per heavy atom. The summed E-state index contributed by atoms with van der Waals surface area (Å²) >= 11 is 0. The van der Waals surface area contributed by atoms with Crippen molar-refractivity contribution in [1.29, 1.82) is 0 Å². The average molecular weight is 215 g/mol. The quantitative estimate of drug-likeness (QED) is 0.629. The molecule has 0 aliphatic carbocycles. The third-order valence-electron chi connectivity index (χ3n) is 0.949. The standard InChI is InChI=1S/C3H6F5NO2S/c1-9(3(10)11-2)12(4,5,6,7)8/h1-2H3. The van der Waals surface area contributed by atoms with E-state index in [-0.39, 0.29) is 7.05 Å². The van der Waals surface area contributed by atoms with Gasteiger partial charge in [-0.25, -0.2) is 4.79 Å². The molecule has 0 fully saturated rings. The van der Waals surface area contributed by atoms with Crippen LogP contribution in [0, 0.1) is 0 Å². The van der Waals surface area contributed by atoms with E-state index in [0.717, 1.165) is 0 Å². The van der Waals surface area contributed by atoms with Crippen molar-refractivity contribution in [2.75, 3.05) is 14.2 Å². The number of carbonyl (C=O) groups is 1. The molecule has 9 heteroatoms. The highest BCUT2D eigenvalue weighted by molar-refractivity contribution is 8.44. The van der Waals surface area contributed by atoms with Gasteiger partial charge >= 0.3 is 16.5 Å². The number of halogens is 5.